The molecule has 0 bridgehead atoms. The average Bonchev–Trinajstić information content (AvgIpc) is 3.35. The summed E-state index contributed by atoms with van der Waals surface area (Å²) < 4.78 is 61.5. The Bertz CT molecular complexity index is 1470. The molecule has 2 fully saturated rings. The lowest BCUT2D eigenvalue weighted by atomic mass is 9.89. The van der Waals surface area contributed by atoms with Gasteiger partial charge in [0.2, 0.25) is 17.1 Å². The fourth-order valence-corrected chi connectivity index (χ4v) is 6.13. The van der Waals surface area contributed by atoms with Gasteiger partial charge in [-0.1, -0.05) is 4.21 Å². The monoisotopic (exact) mass is 566 g/mol. The van der Waals surface area contributed by atoms with Gasteiger partial charge in [0.25, 0.3) is 5.56 Å². The highest BCUT2D eigenvalue weighted by Gasteiger charge is 2.32. The third-order valence-corrected chi connectivity index (χ3v) is 8.61. The predicted molar refractivity (Wildman–Crippen MR) is 144 cm³/mol. The van der Waals surface area contributed by atoms with Crippen molar-refractivity contribution < 1.29 is 22.5 Å². The summed E-state index contributed by atoms with van der Waals surface area (Å²) in [6.07, 6.45) is 2.38. The van der Waals surface area contributed by atoms with Gasteiger partial charge in [0.15, 0.2) is 5.82 Å². The van der Waals surface area contributed by atoms with E-state index < -0.39 is 45.7 Å². The summed E-state index contributed by atoms with van der Waals surface area (Å²) in [5.41, 5.74) is -2.27. The average molecular weight is 567 g/mol. The number of thiol groups is 1. The number of aryl methyl sites for hydroxylation is 1. The lowest BCUT2D eigenvalue weighted by Gasteiger charge is -2.32. The van der Waals surface area contributed by atoms with E-state index in [1.807, 2.05) is 0 Å². The second kappa shape index (κ2) is 11.2. The van der Waals surface area contributed by atoms with Crippen LogP contribution in [0.15, 0.2) is 29.2 Å². The van der Waals surface area contributed by atoms with Crippen LogP contribution in [0.3, 0.4) is 0 Å². The summed E-state index contributed by atoms with van der Waals surface area (Å²) in [7, 11) is 1.44. The molecule has 4 N–H and O–H groups in total. The Hall–Kier alpha value is -3.07. The molecule has 2 aliphatic rings. The number of halogens is 3. The molecular formula is C25H31F3N7O3S+. The number of fused-ring (bicyclic) bond motifs is 1. The van der Waals surface area contributed by atoms with Gasteiger partial charge in [-0.15, -0.1) is 4.31 Å². The van der Waals surface area contributed by atoms with Crippen LogP contribution in [0.2, 0.25) is 0 Å². The lowest BCUT2D eigenvalue weighted by Crippen LogP contribution is -2.42. The van der Waals surface area contributed by atoms with Crippen molar-refractivity contribution in [2.75, 3.05) is 42.8 Å². The second-order valence-electron chi connectivity index (χ2n) is 10.0. The minimum atomic E-state index is -2.35. The van der Waals surface area contributed by atoms with E-state index in [9.17, 15) is 22.9 Å². The third kappa shape index (κ3) is 5.78. The minimum Gasteiger partial charge on any atom is -0.390 e. The molecule has 14 heteroatoms. The maximum atomic E-state index is 15.5. The number of nitrogens with one attached hydrogen (secondary N) is 3. The molecule has 10 nitrogen and oxygen atoms in total. The van der Waals surface area contributed by atoms with Crippen LogP contribution in [-0.2, 0) is 22.4 Å². The summed E-state index contributed by atoms with van der Waals surface area (Å²) in [5, 5.41) is 17.3. The van der Waals surface area contributed by atoms with Crippen LogP contribution in [0.1, 0.15) is 25.7 Å². The number of nitrogens with zero attached hydrogens (tertiary/aromatic N) is 4. The smallest absolute Gasteiger partial charge is 0.260 e. The Balaban J connectivity index is 1.40. The fraction of sp³-hybridized carbons (Fsp3) is 0.480. The predicted octanol–water partition coefficient (Wildman–Crippen LogP) is 2.17. The molecule has 3 aromatic rings. The van der Waals surface area contributed by atoms with Gasteiger partial charge in [-0.2, -0.15) is 9.71 Å². The number of aromatic nitrogens is 3. The van der Waals surface area contributed by atoms with Crippen LogP contribution >= 0.6 is 0 Å². The van der Waals surface area contributed by atoms with Gasteiger partial charge in [0, 0.05) is 31.7 Å². The Labute approximate surface area is 225 Å². The van der Waals surface area contributed by atoms with E-state index in [1.54, 1.807) is 0 Å². The van der Waals surface area contributed by atoms with Gasteiger partial charge in [-0.05, 0) is 57.0 Å². The Morgan fingerprint density at radius 1 is 1.28 bits per heavy atom. The number of hydrogen-bond donors (Lipinski definition) is 4. The summed E-state index contributed by atoms with van der Waals surface area (Å²) in [6, 6.07) is 3.39. The SMILES string of the molecule is Cn1c(=O)c(-c2c(F)ccc(N[SH+](=O)N3CC[C@@H](F)C3)c2F)cc2cnc(NCCC3(O)CCNCC3)nc21. The van der Waals surface area contributed by atoms with Crippen LogP contribution in [0, 0.1) is 11.6 Å². The highest BCUT2D eigenvalue weighted by Crippen LogP contribution is 2.31. The van der Waals surface area contributed by atoms with Gasteiger partial charge >= 0.3 is 0 Å². The highest BCUT2D eigenvalue weighted by atomic mass is 32.2. The van der Waals surface area contributed by atoms with Crippen molar-refractivity contribution in [1.82, 2.24) is 24.2 Å². The normalized spacial score (nSPS) is 20.3. The maximum Gasteiger partial charge on any atom is 0.260 e. The molecule has 0 saturated carbocycles. The summed E-state index contributed by atoms with van der Waals surface area (Å²) >= 11 is -2.35. The molecule has 210 valence electrons. The molecular weight excluding hydrogens is 535 g/mol. The molecule has 2 aromatic heterocycles. The molecule has 4 heterocycles. The minimum absolute atomic E-state index is 0.0434. The lowest BCUT2D eigenvalue weighted by molar-refractivity contribution is 0.00570. The largest absolute Gasteiger partial charge is 0.390 e. The van der Waals surface area contributed by atoms with Crippen molar-refractivity contribution in [2.24, 2.45) is 7.05 Å². The number of rotatable bonds is 8. The highest BCUT2D eigenvalue weighted by molar-refractivity contribution is 7.83. The van der Waals surface area contributed by atoms with Crippen molar-refractivity contribution in [3.8, 4) is 11.1 Å². The number of pyridine rings is 1. The van der Waals surface area contributed by atoms with Gasteiger partial charge in [-0.3, -0.25) is 9.36 Å². The molecule has 39 heavy (non-hydrogen) atoms. The molecule has 5 rings (SSSR count). The summed E-state index contributed by atoms with van der Waals surface area (Å²) in [6.45, 7) is 2.14. The first-order valence-electron chi connectivity index (χ1n) is 12.8. The van der Waals surface area contributed by atoms with E-state index >= 15 is 4.39 Å². The Morgan fingerprint density at radius 3 is 2.77 bits per heavy atom. The van der Waals surface area contributed by atoms with Gasteiger partial charge < -0.3 is 15.7 Å². The first-order valence-corrected chi connectivity index (χ1v) is 14.0. The van der Waals surface area contributed by atoms with Crippen LogP contribution in [0.25, 0.3) is 22.2 Å². The standard InChI is InChI=1S/C25H30F3N7O3S/c1-34-22-15(13-31-24(32-22)30-10-7-25(37)5-8-29-9-6-25)12-17(23(34)36)20-18(27)2-3-19(21(20)28)33-39(38)35-11-4-16(26)14-35/h2-3,12-13,16,29,37H,4-11,14H2,1H3,(H,33,38)(H,30,31,32)/p+1/t16-,39?/m1/s1. The molecule has 0 amide bonds. The first kappa shape index (κ1) is 27.5. The zero-order chi connectivity index (χ0) is 27.7. The number of anilines is 2. The molecule has 2 saturated heterocycles. The van der Waals surface area contributed by atoms with Crippen molar-refractivity contribution in [1.29, 1.82) is 0 Å². The molecule has 1 aromatic carbocycles. The topological polar surface area (TPSA) is 124 Å². The van der Waals surface area contributed by atoms with E-state index in [-0.39, 0.29) is 42.4 Å². The number of aliphatic hydroxyl groups is 1. The van der Waals surface area contributed by atoms with Gasteiger partial charge in [0.1, 0.15) is 23.3 Å². The van der Waals surface area contributed by atoms with E-state index in [1.165, 1.54) is 28.2 Å². The van der Waals surface area contributed by atoms with Crippen LogP contribution in [0.4, 0.5) is 24.8 Å². The Morgan fingerprint density at radius 2 is 2.05 bits per heavy atom. The van der Waals surface area contributed by atoms with Crippen molar-refractivity contribution in [3.63, 3.8) is 0 Å². The number of benzene rings is 1. The third-order valence-electron chi connectivity index (χ3n) is 7.30. The zero-order valence-electron chi connectivity index (χ0n) is 21.4. The van der Waals surface area contributed by atoms with E-state index in [0.29, 0.717) is 31.2 Å². The summed E-state index contributed by atoms with van der Waals surface area (Å²) in [4.78, 5) is 21.9. The van der Waals surface area contributed by atoms with E-state index in [2.05, 4.69) is 25.3 Å². The van der Waals surface area contributed by atoms with E-state index in [4.69, 9.17) is 0 Å². The maximum absolute atomic E-state index is 15.5. The van der Waals surface area contributed by atoms with Gasteiger partial charge in [0.05, 0.1) is 23.3 Å². The molecule has 0 aliphatic carbocycles. The zero-order valence-corrected chi connectivity index (χ0v) is 22.3. The van der Waals surface area contributed by atoms with Gasteiger partial charge in [-0.25, -0.2) is 18.2 Å². The van der Waals surface area contributed by atoms with Crippen LogP contribution < -0.4 is 20.9 Å². The van der Waals surface area contributed by atoms with Crippen molar-refractivity contribution in [2.45, 2.75) is 37.5 Å². The fourth-order valence-electron chi connectivity index (χ4n) is 4.98. The Kier molecular flexibility index (Phi) is 7.89. The van der Waals surface area contributed by atoms with Crippen molar-refractivity contribution in [3.05, 3.63) is 46.4 Å². The summed E-state index contributed by atoms with van der Waals surface area (Å²) in [5.74, 6) is -1.79. The van der Waals surface area contributed by atoms with Crippen molar-refractivity contribution >= 4 is 33.8 Å². The first-order chi connectivity index (χ1) is 18.6. The molecule has 2 atom stereocenters. The quantitative estimate of drug-likeness (QED) is 0.243. The number of piperidine rings is 1. The molecule has 2 aliphatic heterocycles. The number of hydrogen-bond acceptors (Lipinski definition) is 7. The molecule has 1 unspecified atom stereocenters. The number of alkyl halides is 1. The molecule has 0 radical (unpaired) electrons. The molecule has 0 spiro atoms. The van der Waals surface area contributed by atoms with Crippen LogP contribution in [0.5, 0.6) is 0 Å². The second-order valence-corrected chi connectivity index (χ2v) is 11.3. The van der Waals surface area contributed by atoms with Crippen LogP contribution in [-0.4, -0.2) is 68.4 Å². The van der Waals surface area contributed by atoms with E-state index in [0.717, 1.165) is 25.2 Å².